The lowest BCUT2D eigenvalue weighted by Crippen LogP contribution is -2.16. The number of nitrogens with zero attached hydrogens (tertiary/aromatic N) is 2. The summed E-state index contributed by atoms with van der Waals surface area (Å²) >= 11 is 3.42. The number of halogens is 1. The zero-order valence-corrected chi connectivity index (χ0v) is 11.5. The predicted octanol–water partition coefficient (Wildman–Crippen LogP) is 2.61. The molecule has 0 N–H and O–H groups in total. The normalized spacial score (nSPS) is 10.5. The molecule has 0 radical (unpaired) electrons. The fraction of sp³-hybridized carbons (Fsp3) is 0.636. The number of esters is 1. The van der Waals surface area contributed by atoms with Gasteiger partial charge in [-0.1, -0.05) is 13.3 Å². The van der Waals surface area contributed by atoms with Crippen molar-refractivity contribution in [3.63, 3.8) is 0 Å². The van der Waals surface area contributed by atoms with Crippen LogP contribution >= 0.6 is 15.9 Å². The van der Waals surface area contributed by atoms with Crippen LogP contribution in [0.3, 0.4) is 0 Å². The molecule has 0 bridgehead atoms. The molecule has 90 valence electrons. The minimum atomic E-state index is -0.230. The van der Waals surface area contributed by atoms with Gasteiger partial charge < -0.3 is 4.74 Å². The zero-order chi connectivity index (χ0) is 12.1. The van der Waals surface area contributed by atoms with Gasteiger partial charge >= 0.3 is 5.97 Å². The van der Waals surface area contributed by atoms with Crippen LogP contribution in [0.2, 0.25) is 0 Å². The Morgan fingerprint density at radius 2 is 2.19 bits per heavy atom. The molecule has 0 atom stereocenters. The van der Waals surface area contributed by atoms with E-state index in [2.05, 4.69) is 28.0 Å². The molecule has 0 spiro atoms. The minimum absolute atomic E-state index is 0.183. The van der Waals surface area contributed by atoms with Crippen LogP contribution in [0, 0.1) is 13.8 Å². The molecule has 1 aromatic rings. The summed E-state index contributed by atoms with van der Waals surface area (Å²) in [5.41, 5.74) is 1.84. The molecule has 1 heterocycles. The van der Waals surface area contributed by atoms with Crippen molar-refractivity contribution in [1.82, 2.24) is 9.78 Å². The number of aromatic nitrogens is 2. The van der Waals surface area contributed by atoms with Crippen molar-refractivity contribution in [2.24, 2.45) is 0 Å². The smallest absolute Gasteiger partial charge is 0.327 e. The second-order valence-corrected chi connectivity index (χ2v) is 4.51. The molecular formula is C11H17BrN2O2. The Morgan fingerprint density at radius 1 is 1.50 bits per heavy atom. The molecule has 0 amide bonds. The molecular weight excluding hydrogens is 272 g/mol. The SMILES string of the molecule is CCCCOC(=O)Cn1nc(C)c(Br)c1C. The van der Waals surface area contributed by atoms with Gasteiger partial charge in [0.15, 0.2) is 0 Å². The summed E-state index contributed by atoms with van der Waals surface area (Å²) in [6.07, 6.45) is 1.94. The molecule has 0 aliphatic carbocycles. The molecule has 4 nitrogen and oxygen atoms in total. The summed E-state index contributed by atoms with van der Waals surface area (Å²) in [4.78, 5) is 11.5. The predicted molar refractivity (Wildman–Crippen MR) is 65.3 cm³/mol. The van der Waals surface area contributed by atoms with E-state index in [1.165, 1.54) is 0 Å². The topological polar surface area (TPSA) is 44.1 Å². The van der Waals surface area contributed by atoms with Crippen molar-refractivity contribution < 1.29 is 9.53 Å². The van der Waals surface area contributed by atoms with E-state index < -0.39 is 0 Å². The largest absolute Gasteiger partial charge is 0.464 e. The van der Waals surface area contributed by atoms with Crippen LogP contribution < -0.4 is 0 Å². The van der Waals surface area contributed by atoms with Gasteiger partial charge in [-0.3, -0.25) is 9.48 Å². The number of aryl methyl sites for hydroxylation is 1. The van der Waals surface area contributed by atoms with Gasteiger partial charge in [0.1, 0.15) is 6.54 Å². The number of carbonyl (C=O) groups excluding carboxylic acids is 1. The van der Waals surface area contributed by atoms with E-state index in [9.17, 15) is 4.79 Å². The highest BCUT2D eigenvalue weighted by molar-refractivity contribution is 9.10. The average Bonchev–Trinajstić information content (AvgIpc) is 2.47. The number of hydrogen-bond acceptors (Lipinski definition) is 3. The number of unbranched alkanes of at least 4 members (excludes halogenated alkanes) is 1. The maximum Gasteiger partial charge on any atom is 0.327 e. The van der Waals surface area contributed by atoms with E-state index in [4.69, 9.17) is 4.74 Å². The van der Waals surface area contributed by atoms with Crippen molar-refractivity contribution >= 4 is 21.9 Å². The lowest BCUT2D eigenvalue weighted by atomic mass is 10.4. The van der Waals surface area contributed by atoms with E-state index in [0.717, 1.165) is 28.7 Å². The summed E-state index contributed by atoms with van der Waals surface area (Å²) in [5, 5.41) is 4.25. The third-order valence-corrected chi connectivity index (χ3v) is 3.48. The van der Waals surface area contributed by atoms with Crippen LogP contribution in [0.25, 0.3) is 0 Å². The standard InChI is InChI=1S/C11H17BrN2O2/c1-4-5-6-16-10(15)7-14-9(3)11(12)8(2)13-14/h4-7H2,1-3H3. The lowest BCUT2D eigenvalue weighted by molar-refractivity contribution is -0.144. The Hall–Kier alpha value is -0.840. The molecule has 0 aromatic carbocycles. The van der Waals surface area contributed by atoms with Crippen molar-refractivity contribution in [3.8, 4) is 0 Å². The van der Waals surface area contributed by atoms with Crippen LogP contribution in [0.15, 0.2) is 4.47 Å². The summed E-state index contributed by atoms with van der Waals surface area (Å²) in [7, 11) is 0. The van der Waals surface area contributed by atoms with Gasteiger partial charge in [0.2, 0.25) is 0 Å². The van der Waals surface area contributed by atoms with Gasteiger partial charge in [0.05, 0.1) is 22.5 Å². The number of ether oxygens (including phenoxy) is 1. The van der Waals surface area contributed by atoms with Crippen molar-refractivity contribution in [2.45, 2.75) is 40.2 Å². The average molecular weight is 289 g/mol. The molecule has 0 aliphatic rings. The minimum Gasteiger partial charge on any atom is -0.464 e. The van der Waals surface area contributed by atoms with Crippen molar-refractivity contribution in [1.29, 1.82) is 0 Å². The van der Waals surface area contributed by atoms with E-state index in [0.29, 0.717) is 6.61 Å². The third-order valence-electron chi connectivity index (χ3n) is 2.33. The second kappa shape index (κ2) is 6.03. The van der Waals surface area contributed by atoms with Crippen LogP contribution in [-0.2, 0) is 16.1 Å². The first-order chi connectivity index (χ1) is 7.56. The molecule has 5 heteroatoms. The molecule has 1 aromatic heterocycles. The maximum absolute atomic E-state index is 11.5. The molecule has 0 fully saturated rings. The second-order valence-electron chi connectivity index (χ2n) is 3.72. The van der Waals surface area contributed by atoms with Gasteiger partial charge in [-0.2, -0.15) is 5.10 Å². The lowest BCUT2D eigenvalue weighted by Gasteiger charge is -2.05. The summed E-state index contributed by atoms with van der Waals surface area (Å²) in [5.74, 6) is -0.230. The summed E-state index contributed by atoms with van der Waals surface area (Å²) < 4.78 is 7.69. The number of carbonyl (C=O) groups is 1. The Kier molecular flexibility index (Phi) is 4.99. The van der Waals surface area contributed by atoms with Gasteiger partial charge in [-0.25, -0.2) is 0 Å². The van der Waals surface area contributed by atoms with E-state index >= 15 is 0 Å². The number of rotatable bonds is 5. The fourth-order valence-corrected chi connectivity index (χ4v) is 1.61. The maximum atomic E-state index is 11.5. The highest BCUT2D eigenvalue weighted by atomic mass is 79.9. The first-order valence-corrected chi connectivity index (χ1v) is 6.20. The Bertz CT molecular complexity index is 374. The Labute approximate surface area is 104 Å². The third kappa shape index (κ3) is 3.33. The van der Waals surface area contributed by atoms with Crippen LogP contribution in [0.5, 0.6) is 0 Å². The van der Waals surface area contributed by atoms with Crippen molar-refractivity contribution in [2.75, 3.05) is 6.61 Å². The van der Waals surface area contributed by atoms with Crippen LogP contribution in [-0.4, -0.2) is 22.4 Å². The first kappa shape index (κ1) is 13.2. The molecule has 1 rings (SSSR count). The van der Waals surface area contributed by atoms with Gasteiger partial charge in [0.25, 0.3) is 0 Å². The van der Waals surface area contributed by atoms with Crippen LogP contribution in [0.4, 0.5) is 0 Å². The Balaban J connectivity index is 2.53. The quantitative estimate of drug-likeness (QED) is 0.618. The first-order valence-electron chi connectivity index (χ1n) is 5.41. The van der Waals surface area contributed by atoms with Crippen molar-refractivity contribution in [3.05, 3.63) is 15.9 Å². The molecule has 0 unspecified atom stereocenters. The van der Waals surface area contributed by atoms with Crippen LogP contribution in [0.1, 0.15) is 31.2 Å². The summed E-state index contributed by atoms with van der Waals surface area (Å²) in [6, 6.07) is 0. The van der Waals surface area contributed by atoms with E-state index in [1.54, 1.807) is 4.68 Å². The monoisotopic (exact) mass is 288 g/mol. The molecule has 0 saturated carbocycles. The highest BCUT2D eigenvalue weighted by Gasteiger charge is 2.12. The van der Waals surface area contributed by atoms with E-state index in [1.807, 2.05) is 13.8 Å². The summed E-state index contributed by atoms with van der Waals surface area (Å²) in [6.45, 7) is 6.56. The van der Waals surface area contributed by atoms with Gasteiger partial charge in [-0.15, -0.1) is 0 Å². The molecule has 16 heavy (non-hydrogen) atoms. The molecule has 0 saturated heterocycles. The van der Waals surface area contributed by atoms with Gasteiger partial charge in [0, 0.05) is 0 Å². The molecule has 0 aliphatic heterocycles. The Morgan fingerprint density at radius 3 is 2.69 bits per heavy atom. The highest BCUT2D eigenvalue weighted by Crippen LogP contribution is 2.19. The fourth-order valence-electron chi connectivity index (χ4n) is 1.33. The van der Waals surface area contributed by atoms with Gasteiger partial charge in [-0.05, 0) is 36.2 Å². The number of hydrogen-bond donors (Lipinski definition) is 0. The zero-order valence-electron chi connectivity index (χ0n) is 9.92. The van der Waals surface area contributed by atoms with E-state index in [-0.39, 0.29) is 12.5 Å².